The van der Waals surface area contributed by atoms with Gasteiger partial charge in [0.2, 0.25) is 5.91 Å². The zero-order valence-electron chi connectivity index (χ0n) is 11.5. The van der Waals surface area contributed by atoms with Crippen LogP contribution in [-0.2, 0) is 4.79 Å². The van der Waals surface area contributed by atoms with Crippen molar-refractivity contribution in [3.63, 3.8) is 0 Å². The molecule has 2 unspecified atom stereocenters. The van der Waals surface area contributed by atoms with Gasteiger partial charge in [-0.2, -0.15) is 0 Å². The van der Waals surface area contributed by atoms with E-state index in [4.69, 9.17) is 0 Å². The molecule has 0 aliphatic carbocycles. The molecule has 0 radical (unpaired) electrons. The van der Waals surface area contributed by atoms with Crippen molar-refractivity contribution < 1.29 is 4.79 Å². The SMILES string of the molecule is CCC(C)C(=O)NCC1NCCCC1(C)C.Cl. The van der Waals surface area contributed by atoms with Gasteiger partial charge in [-0.25, -0.2) is 0 Å². The summed E-state index contributed by atoms with van der Waals surface area (Å²) in [6.45, 7) is 10.4. The Morgan fingerprint density at radius 3 is 2.71 bits per heavy atom. The van der Waals surface area contributed by atoms with Gasteiger partial charge >= 0.3 is 0 Å². The van der Waals surface area contributed by atoms with Gasteiger partial charge in [-0.15, -0.1) is 12.4 Å². The van der Waals surface area contributed by atoms with E-state index in [1.165, 1.54) is 12.8 Å². The van der Waals surface area contributed by atoms with Crippen molar-refractivity contribution in [2.45, 2.75) is 53.0 Å². The zero-order valence-corrected chi connectivity index (χ0v) is 12.3. The van der Waals surface area contributed by atoms with Crippen molar-refractivity contribution in [2.75, 3.05) is 13.1 Å². The summed E-state index contributed by atoms with van der Waals surface area (Å²) in [6, 6.07) is 0.411. The second kappa shape index (κ2) is 7.22. The van der Waals surface area contributed by atoms with E-state index in [9.17, 15) is 4.79 Å². The first-order valence-electron chi connectivity index (χ1n) is 6.48. The number of hydrogen-bond donors (Lipinski definition) is 2. The second-order valence-corrected chi connectivity index (χ2v) is 5.65. The van der Waals surface area contributed by atoms with Crippen LogP contribution in [0.4, 0.5) is 0 Å². The highest BCUT2D eigenvalue weighted by Gasteiger charge is 2.32. The number of halogens is 1. The fraction of sp³-hybridized carbons (Fsp3) is 0.923. The first-order chi connectivity index (χ1) is 7.47. The van der Waals surface area contributed by atoms with Crippen LogP contribution >= 0.6 is 12.4 Å². The fourth-order valence-corrected chi connectivity index (χ4v) is 2.18. The summed E-state index contributed by atoms with van der Waals surface area (Å²) < 4.78 is 0. The summed E-state index contributed by atoms with van der Waals surface area (Å²) in [4.78, 5) is 11.7. The summed E-state index contributed by atoms with van der Waals surface area (Å²) >= 11 is 0. The highest BCUT2D eigenvalue weighted by atomic mass is 35.5. The number of amides is 1. The van der Waals surface area contributed by atoms with Crippen LogP contribution < -0.4 is 10.6 Å². The maximum Gasteiger partial charge on any atom is 0.222 e. The molecule has 1 rings (SSSR count). The molecule has 1 aliphatic heterocycles. The molecule has 1 saturated heterocycles. The molecule has 1 heterocycles. The first kappa shape index (κ1) is 16.7. The van der Waals surface area contributed by atoms with Gasteiger partial charge < -0.3 is 10.6 Å². The van der Waals surface area contributed by atoms with Gasteiger partial charge in [-0.05, 0) is 31.2 Å². The van der Waals surface area contributed by atoms with Gasteiger partial charge in [0.05, 0.1) is 0 Å². The van der Waals surface area contributed by atoms with Gasteiger partial charge in [-0.1, -0.05) is 27.7 Å². The highest BCUT2D eigenvalue weighted by molar-refractivity contribution is 5.85. The molecule has 0 aromatic carbocycles. The molecule has 17 heavy (non-hydrogen) atoms. The third kappa shape index (κ3) is 4.84. The van der Waals surface area contributed by atoms with Crippen LogP contribution in [-0.4, -0.2) is 25.0 Å². The van der Waals surface area contributed by atoms with Crippen LogP contribution in [0.3, 0.4) is 0 Å². The quantitative estimate of drug-likeness (QED) is 0.817. The van der Waals surface area contributed by atoms with E-state index in [-0.39, 0.29) is 24.2 Å². The molecule has 2 N–H and O–H groups in total. The molecule has 1 fully saturated rings. The minimum Gasteiger partial charge on any atom is -0.354 e. The monoisotopic (exact) mass is 262 g/mol. The van der Waals surface area contributed by atoms with Gasteiger partial charge in [-0.3, -0.25) is 4.79 Å². The van der Waals surface area contributed by atoms with Crippen LogP contribution in [0, 0.1) is 11.3 Å². The third-order valence-electron chi connectivity index (χ3n) is 3.87. The molecule has 3 nitrogen and oxygen atoms in total. The van der Waals surface area contributed by atoms with Crippen LogP contribution in [0.1, 0.15) is 47.0 Å². The number of nitrogens with one attached hydrogen (secondary N) is 2. The van der Waals surface area contributed by atoms with Crippen molar-refractivity contribution in [1.82, 2.24) is 10.6 Å². The predicted molar refractivity (Wildman–Crippen MR) is 74.5 cm³/mol. The summed E-state index contributed by atoms with van der Waals surface area (Å²) in [5, 5.41) is 6.56. The minimum atomic E-state index is 0. The zero-order chi connectivity index (χ0) is 12.2. The van der Waals surface area contributed by atoms with E-state index >= 15 is 0 Å². The summed E-state index contributed by atoms with van der Waals surface area (Å²) in [5.74, 6) is 0.317. The Morgan fingerprint density at radius 2 is 2.18 bits per heavy atom. The number of carbonyl (C=O) groups is 1. The average Bonchev–Trinajstić information content (AvgIpc) is 2.25. The number of carbonyl (C=O) groups excluding carboxylic acids is 1. The molecule has 0 aromatic heterocycles. The van der Waals surface area contributed by atoms with Gasteiger partial charge in [0.25, 0.3) is 0 Å². The van der Waals surface area contributed by atoms with Gasteiger partial charge in [0.15, 0.2) is 0 Å². The Balaban J connectivity index is 0.00000256. The number of rotatable bonds is 4. The van der Waals surface area contributed by atoms with Gasteiger partial charge in [0.1, 0.15) is 0 Å². The van der Waals surface area contributed by atoms with E-state index in [2.05, 4.69) is 24.5 Å². The summed E-state index contributed by atoms with van der Waals surface area (Å²) in [7, 11) is 0. The lowest BCUT2D eigenvalue weighted by molar-refractivity contribution is -0.124. The Bertz CT molecular complexity index is 244. The topological polar surface area (TPSA) is 41.1 Å². The molecule has 102 valence electrons. The van der Waals surface area contributed by atoms with Crippen molar-refractivity contribution in [1.29, 1.82) is 0 Å². The normalized spacial score (nSPS) is 24.6. The van der Waals surface area contributed by atoms with Crippen LogP contribution in [0.5, 0.6) is 0 Å². The van der Waals surface area contributed by atoms with E-state index in [0.717, 1.165) is 19.5 Å². The second-order valence-electron chi connectivity index (χ2n) is 5.65. The van der Waals surface area contributed by atoms with Crippen LogP contribution in [0.2, 0.25) is 0 Å². The van der Waals surface area contributed by atoms with Crippen molar-refractivity contribution in [3.05, 3.63) is 0 Å². The largest absolute Gasteiger partial charge is 0.354 e. The molecule has 2 atom stereocenters. The number of piperidine rings is 1. The predicted octanol–water partition coefficient (Wildman–Crippen LogP) is 2.35. The smallest absolute Gasteiger partial charge is 0.222 e. The minimum absolute atomic E-state index is 0. The number of hydrogen-bond acceptors (Lipinski definition) is 2. The van der Waals surface area contributed by atoms with Crippen LogP contribution in [0.15, 0.2) is 0 Å². The van der Waals surface area contributed by atoms with E-state index in [1.54, 1.807) is 0 Å². The maximum absolute atomic E-state index is 11.7. The van der Waals surface area contributed by atoms with E-state index in [1.807, 2.05) is 13.8 Å². The lowest BCUT2D eigenvalue weighted by atomic mass is 9.77. The van der Waals surface area contributed by atoms with E-state index < -0.39 is 0 Å². The standard InChI is InChI=1S/C13H26N2O.ClH/c1-5-10(2)12(16)15-9-11-13(3,4)7-6-8-14-11;/h10-11,14H,5-9H2,1-4H3,(H,15,16);1H. The maximum atomic E-state index is 11.7. The molecule has 4 heteroatoms. The van der Waals surface area contributed by atoms with Gasteiger partial charge in [0, 0.05) is 18.5 Å². The van der Waals surface area contributed by atoms with Crippen molar-refractivity contribution in [2.24, 2.45) is 11.3 Å². The van der Waals surface area contributed by atoms with E-state index in [0.29, 0.717) is 11.5 Å². The Labute approximate surface area is 112 Å². The Morgan fingerprint density at radius 1 is 1.53 bits per heavy atom. The third-order valence-corrected chi connectivity index (χ3v) is 3.87. The molecule has 1 aliphatic rings. The summed E-state index contributed by atoms with van der Waals surface area (Å²) in [5.41, 5.74) is 0.293. The average molecular weight is 263 g/mol. The molecule has 0 bridgehead atoms. The fourth-order valence-electron chi connectivity index (χ4n) is 2.18. The van der Waals surface area contributed by atoms with Crippen LogP contribution in [0.25, 0.3) is 0 Å². The molecule has 0 aromatic rings. The molecule has 1 amide bonds. The molecular formula is C13H27ClN2O. The molecule has 0 spiro atoms. The lowest BCUT2D eigenvalue weighted by Gasteiger charge is -2.39. The lowest BCUT2D eigenvalue weighted by Crippen LogP contribution is -2.53. The van der Waals surface area contributed by atoms with Crippen molar-refractivity contribution in [3.8, 4) is 0 Å². The molecule has 0 saturated carbocycles. The highest BCUT2D eigenvalue weighted by Crippen LogP contribution is 2.29. The molecular weight excluding hydrogens is 236 g/mol. The summed E-state index contributed by atoms with van der Waals surface area (Å²) in [6.07, 6.45) is 3.39. The first-order valence-corrected chi connectivity index (χ1v) is 6.48. The Hall–Kier alpha value is -0.280. The van der Waals surface area contributed by atoms with Crippen molar-refractivity contribution >= 4 is 18.3 Å². The Kier molecular flexibility index (Phi) is 7.10.